The molecule has 3 aromatic rings. The monoisotopic (exact) mass is 408 g/mol. The first kappa shape index (κ1) is 19.9. The minimum Gasteiger partial charge on any atom is -0.366 e. The predicted octanol–water partition coefficient (Wildman–Crippen LogP) is 0.763. The molecule has 0 aliphatic heterocycles. The Morgan fingerprint density at radius 2 is 2.07 bits per heavy atom. The number of hydrogen-bond donors (Lipinski definition) is 4. The van der Waals surface area contributed by atoms with Crippen LogP contribution in [0.3, 0.4) is 0 Å². The van der Waals surface area contributed by atoms with E-state index >= 15 is 0 Å². The third kappa shape index (κ3) is 4.28. The number of anilines is 1. The van der Waals surface area contributed by atoms with Crippen molar-refractivity contribution in [2.75, 3.05) is 12.4 Å². The molecule has 4 rings (SSSR count). The quantitative estimate of drug-likeness (QED) is 0.450. The molecule has 1 amide bonds. The maximum Gasteiger partial charge on any atom is 0.271 e. The van der Waals surface area contributed by atoms with Gasteiger partial charge in [-0.1, -0.05) is 6.92 Å². The fraction of sp³-hybridized carbons (Fsp3) is 0.400. The van der Waals surface area contributed by atoms with Crippen LogP contribution in [0.2, 0.25) is 0 Å². The van der Waals surface area contributed by atoms with Gasteiger partial charge in [0.1, 0.15) is 17.0 Å². The van der Waals surface area contributed by atoms with Crippen LogP contribution < -0.4 is 21.5 Å². The SMILES string of the molecule is CCc1nc2cnc(CNC3CC(Nc4ccc(C(=O)NC)nn4)C3)cc2[nH]c1=O. The number of nitrogens with zero attached hydrogens (tertiary/aromatic N) is 4. The lowest BCUT2D eigenvalue weighted by atomic mass is 9.86. The average molecular weight is 408 g/mol. The predicted molar refractivity (Wildman–Crippen MR) is 112 cm³/mol. The molecule has 1 saturated carbocycles. The topological polar surface area (TPSA) is 138 Å². The smallest absolute Gasteiger partial charge is 0.271 e. The van der Waals surface area contributed by atoms with Crippen LogP contribution >= 0.6 is 0 Å². The molecule has 0 saturated heterocycles. The van der Waals surface area contributed by atoms with Gasteiger partial charge in [0.05, 0.1) is 17.4 Å². The number of amides is 1. The first-order valence-electron chi connectivity index (χ1n) is 9.99. The lowest BCUT2D eigenvalue weighted by molar-refractivity contribution is 0.0957. The van der Waals surface area contributed by atoms with Crippen molar-refractivity contribution in [2.45, 2.75) is 44.8 Å². The number of hydrogen-bond acceptors (Lipinski definition) is 8. The summed E-state index contributed by atoms with van der Waals surface area (Å²) in [6.45, 7) is 2.52. The largest absolute Gasteiger partial charge is 0.366 e. The van der Waals surface area contributed by atoms with Gasteiger partial charge in [-0.05, 0) is 37.5 Å². The number of aromatic nitrogens is 5. The molecule has 10 heteroatoms. The Labute approximate surface area is 172 Å². The normalized spacial score (nSPS) is 18.1. The zero-order valence-corrected chi connectivity index (χ0v) is 16.9. The summed E-state index contributed by atoms with van der Waals surface area (Å²) in [6.07, 6.45) is 4.19. The third-order valence-electron chi connectivity index (χ3n) is 5.23. The molecule has 1 fully saturated rings. The van der Waals surface area contributed by atoms with Crippen molar-refractivity contribution < 1.29 is 4.79 Å². The highest BCUT2D eigenvalue weighted by atomic mass is 16.1. The maximum atomic E-state index is 12.0. The van der Waals surface area contributed by atoms with Gasteiger partial charge in [0, 0.05) is 25.7 Å². The minimum atomic E-state index is -0.255. The van der Waals surface area contributed by atoms with Crippen molar-refractivity contribution >= 4 is 22.8 Å². The molecule has 4 N–H and O–H groups in total. The standard InChI is InChI=1S/C20H24N8O2/c1-3-14-20(30)26-16-8-13(23-10-17(16)25-14)9-22-11-6-12(7-11)24-18-5-4-15(27-28-18)19(29)21-2/h4-5,8,10-12,22H,3,6-7,9H2,1-2H3,(H,21,29)(H,24,28)(H,26,30). The van der Waals surface area contributed by atoms with Gasteiger partial charge in [-0.15, -0.1) is 10.2 Å². The molecule has 0 bridgehead atoms. The second-order valence-corrected chi connectivity index (χ2v) is 7.33. The van der Waals surface area contributed by atoms with E-state index in [0.29, 0.717) is 53.3 Å². The fourth-order valence-corrected chi connectivity index (χ4v) is 3.43. The lowest BCUT2D eigenvalue weighted by Crippen LogP contribution is -2.47. The zero-order valence-electron chi connectivity index (χ0n) is 16.9. The van der Waals surface area contributed by atoms with E-state index in [4.69, 9.17) is 0 Å². The molecule has 0 aromatic carbocycles. The van der Waals surface area contributed by atoms with Gasteiger partial charge >= 0.3 is 0 Å². The molecule has 10 nitrogen and oxygen atoms in total. The molecule has 3 heterocycles. The molecule has 3 aromatic heterocycles. The summed E-state index contributed by atoms with van der Waals surface area (Å²) < 4.78 is 0. The van der Waals surface area contributed by atoms with E-state index in [2.05, 4.69) is 41.1 Å². The Hall–Kier alpha value is -3.40. The summed E-state index contributed by atoms with van der Waals surface area (Å²) in [4.78, 5) is 35.1. The van der Waals surface area contributed by atoms with Crippen molar-refractivity contribution in [3.05, 3.63) is 51.8 Å². The van der Waals surface area contributed by atoms with Crippen LogP contribution in [-0.4, -0.2) is 50.2 Å². The van der Waals surface area contributed by atoms with Crippen molar-refractivity contribution in [3.63, 3.8) is 0 Å². The van der Waals surface area contributed by atoms with E-state index < -0.39 is 0 Å². The number of H-pyrrole nitrogens is 1. The molecular weight excluding hydrogens is 384 g/mol. The average Bonchev–Trinajstić information content (AvgIpc) is 2.74. The van der Waals surface area contributed by atoms with Crippen LogP contribution in [0.1, 0.15) is 41.6 Å². The molecular formula is C20H24N8O2. The van der Waals surface area contributed by atoms with E-state index in [9.17, 15) is 9.59 Å². The van der Waals surface area contributed by atoms with Crippen LogP contribution in [0.25, 0.3) is 11.0 Å². The van der Waals surface area contributed by atoms with Crippen LogP contribution in [0.4, 0.5) is 5.82 Å². The molecule has 1 aliphatic carbocycles. The zero-order chi connectivity index (χ0) is 21.1. The van der Waals surface area contributed by atoms with Gasteiger partial charge < -0.3 is 20.9 Å². The van der Waals surface area contributed by atoms with Gasteiger partial charge in [0.25, 0.3) is 11.5 Å². The summed E-state index contributed by atoms with van der Waals surface area (Å²) in [5.74, 6) is 0.403. The maximum absolute atomic E-state index is 12.0. The number of carbonyl (C=O) groups is 1. The Morgan fingerprint density at radius 3 is 2.77 bits per heavy atom. The number of nitrogens with one attached hydrogen (secondary N) is 4. The van der Waals surface area contributed by atoms with E-state index in [-0.39, 0.29) is 11.5 Å². The first-order valence-corrected chi connectivity index (χ1v) is 9.99. The second-order valence-electron chi connectivity index (χ2n) is 7.33. The summed E-state index contributed by atoms with van der Waals surface area (Å²) in [5.41, 5.74) is 2.94. The molecule has 0 radical (unpaired) electrons. The Morgan fingerprint density at radius 1 is 1.23 bits per heavy atom. The van der Waals surface area contributed by atoms with Gasteiger partial charge in [-0.25, -0.2) is 4.98 Å². The Bertz CT molecular complexity index is 1110. The summed E-state index contributed by atoms with van der Waals surface area (Å²) >= 11 is 0. The minimum absolute atomic E-state index is 0.144. The molecule has 1 aliphatic rings. The van der Waals surface area contributed by atoms with Gasteiger partial charge in [0.15, 0.2) is 5.69 Å². The number of aryl methyl sites for hydroxylation is 1. The molecule has 156 valence electrons. The number of aromatic amines is 1. The Kier molecular flexibility index (Phi) is 5.66. The molecule has 0 spiro atoms. The molecule has 0 unspecified atom stereocenters. The third-order valence-corrected chi connectivity index (χ3v) is 5.23. The van der Waals surface area contributed by atoms with E-state index in [1.807, 2.05) is 13.0 Å². The van der Waals surface area contributed by atoms with E-state index in [1.165, 1.54) is 0 Å². The van der Waals surface area contributed by atoms with Crippen LogP contribution in [0.5, 0.6) is 0 Å². The van der Waals surface area contributed by atoms with Gasteiger partial charge in [-0.2, -0.15) is 0 Å². The van der Waals surface area contributed by atoms with Crippen LogP contribution in [0.15, 0.2) is 29.2 Å². The van der Waals surface area contributed by atoms with Crippen LogP contribution in [-0.2, 0) is 13.0 Å². The number of carbonyl (C=O) groups excluding carboxylic acids is 1. The van der Waals surface area contributed by atoms with Crippen molar-refractivity contribution in [1.82, 2.24) is 35.8 Å². The van der Waals surface area contributed by atoms with Crippen molar-refractivity contribution in [2.24, 2.45) is 0 Å². The first-order chi connectivity index (χ1) is 14.6. The summed E-state index contributed by atoms with van der Waals surface area (Å²) in [6, 6.07) is 5.96. The summed E-state index contributed by atoms with van der Waals surface area (Å²) in [7, 11) is 1.56. The molecule has 0 atom stereocenters. The highest BCUT2D eigenvalue weighted by Gasteiger charge is 2.29. The highest BCUT2D eigenvalue weighted by Crippen LogP contribution is 2.23. The van der Waals surface area contributed by atoms with Crippen molar-refractivity contribution in [1.29, 1.82) is 0 Å². The van der Waals surface area contributed by atoms with Gasteiger partial charge in [0.2, 0.25) is 0 Å². The highest BCUT2D eigenvalue weighted by molar-refractivity contribution is 5.91. The fourth-order valence-electron chi connectivity index (χ4n) is 3.43. The lowest BCUT2D eigenvalue weighted by Gasteiger charge is -2.36. The summed E-state index contributed by atoms with van der Waals surface area (Å²) in [5, 5.41) is 17.3. The second kappa shape index (κ2) is 8.54. The number of fused-ring (bicyclic) bond motifs is 1. The number of rotatable bonds is 7. The van der Waals surface area contributed by atoms with E-state index in [1.54, 1.807) is 25.4 Å². The molecule has 30 heavy (non-hydrogen) atoms. The number of pyridine rings is 1. The van der Waals surface area contributed by atoms with Crippen LogP contribution in [0, 0.1) is 0 Å². The van der Waals surface area contributed by atoms with Crippen molar-refractivity contribution in [3.8, 4) is 0 Å². The Balaban J connectivity index is 1.27. The van der Waals surface area contributed by atoms with E-state index in [0.717, 1.165) is 18.5 Å². The van der Waals surface area contributed by atoms with Gasteiger partial charge in [-0.3, -0.25) is 14.6 Å².